The van der Waals surface area contributed by atoms with Crippen LogP contribution in [0.3, 0.4) is 0 Å². The smallest absolute Gasteiger partial charge is 0.124 e. The number of phenols is 1. The van der Waals surface area contributed by atoms with Gasteiger partial charge in [-0.15, -0.1) is 0 Å². The lowest BCUT2D eigenvalue weighted by Gasteiger charge is -2.46. The number of benzene rings is 1. The summed E-state index contributed by atoms with van der Waals surface area (Å²) in [7, 11) is 0. The SMILES string of the molecule is Cc1cc(C2(C3CCCCC3)CCCCC2)cc(CO)c1O. The van der Waals surface area contributed by atoms with E-state index in [9.17, 15) is 10.2 Å². The van der Waals surface area contributed by atoms with Gasteiger partial charge in [0.1, 0.15) is 5.75 Å². The molecule has 0 saturated heterocycles. The number of aromatic hydroxyl groups is 1. The maximum Gasteiger partial charge on any atom is 0.124 e. The lowest BCUT2D eigenvalue weighted by atomic mass is 9.58. The first-order valence-electron chi connectivity index (χ1n) is 9.11. The Morgan fingerprint density at radius 3 is 2.27 bits per heavy atom. The molecule has 0 aromatic heterocycles. The first-order valence-corrected chi connectivity index (χ1v) is 9.11. The van der Waals surface area contributed by atoms with Gasteiger partial charge in [0.15, 0.2) is 0 Å². The van der Waals surface area contributed by atoms with Gasteiger partial charge in [0.25, 0.3) is 0 Å². The van der Waals surface area contributed by atoms with Crippen LogP contribution >= 0.6 is 0 Å². The molecule has 0 unspecified atom stereocenters. The van der Waals surface area contributed by atoms with Gasteiger partial charge >= 0.3 is 0 Å². The normalized spacial score (nSPS) is 22.6. The Morgan fingerprint density at radius 1 is 1.00 bits per heavy atom. The van der Waals surface area contributed by atoms with Crippen molar-refractivity contribution in [2.45, 2.75) is 83.2 Å². The van der Waals surface area contributed by atoms with Crippen molar-refractivity contribution in [3.63, 3.8) is 0 Å². The van der Waals surface area contributed by atoms with Crippen molar-refractivity contribution >= 4 is 0 Å². The molecule has 0 bridgehead atoms. The summed E-state index contributed by atoms with van der Waals surface area (Å²) in [6.45, 7) is 1.90. The molecule has 0 aliphatic heterocycles. The Morgan fingerprint density at radius 2 is 1.64 bits per heavy atom. The molecule has 3 rings (SSSR count). The molecule has 0 radical (unpaired) electrons. The van der Waals surface area contributed by atoms with E-state index in [2.05, 4.69) is 12.1 Å². The molecule has 122 valence electrons. The van der Waals surface area contributed by atoms with E-state index in [1.54, 1.807) is 0 Å². The Balaban J connectivity index is 2.03. The van der Waals surface area contributed by atoms with Crippen LogP contribution in [0.1, 0.15) is 80.9 Å². The molecule has 0 spiro atoms. The number of hydrogen-bond acceptors (Lipinski definition) is 2. The van der Waals surface area contributed by atoms with Crippen LogP contribution in [0.15, 0.2) is 12.1 Å². The fourth-order valence-electron chi connectivity index (χ4n) is 5.03. The average Bonchev–Trinajstić information content (AvgIpc) is 2.58. The summed E-state index contributed by atoms with van der Waals surface area (Å²) in [5.41, 5.74) is 3.30. The number of hydrogen-bond donors (Lipinski definition) is 2. The van der Waals surface area contributed by atoms with Crippen molar-refractivity contribution in [2.75, 3.05) is 0 Å². The second-order valence-corrected chi connectivity index (χ2v) is 7.51. The van der Waals surface area contributed by atoms with Crippen LogP contribution < -0.4 is 0 Å². The second-order valence-electron chi connectivity index (χ2n) is 7.51. The van der Waals surface area contributed by atoms with Crippen molar-refractivity contribution in [3.05, 3.63) is 28.8 Å². The molecule has 0 heterocycles. The van der Waals surface area contributed by atoms with Gasteiger partial charge < -0.3 is 10.2 Å². The Bertz CT molecular complexity index is 509. The van der Waals surface area contributed by atoms with Crippen molar-refractivity contribution in [3.8, 4) is 5.75 Å². The largest absolute Gasteiger partial charge is 0.507 e. The van der Waals surface area contributed by atoms with Crippen LogP contribution in [0.25, 0.3) is 0 Å². The summed E-state index contributed by atoms with van der Waals surface area (Å²) in [6.07, 6.45) is 13.4. The zero-order valence-electron chi connectivity index (χ0n) is 13.9. The molecule has 2 nitrogen and oxygen atoms in total. The third-order valence-electron chi connectivity index (χ3n) is 6.26. The fourth-order valence-corrected chi connectivity index (χ4v) is 5.03. The van der Waals surface area contributed by atoms with Gasteiger partial charge in [0.05, 0.1) is 6.61 Å². The van der Waals surface area contributed by atoms with E-state index in [0.29, 0.717) is 11.0 Å². The molecular weight excluding hydrogens is 272 g/mol. The Hall–Kier alpha value is -1.02. The molecule has 1 aromatic rings. The molecule has 0 atom stereocenters. The predicted octanol–water partition coefficient (Wildman–Crippen LogP) is 4.98. The lowest BCUT2D eigenvalue weighted by molar-refractivity contribution is 0.147. The highest BCUT2D eigenvalue weighted by atomic mass is 16.3. The molecule has 0 amide bonds. The van der Waals surface area contributed by atoms with Crippen molar-refractivity contribution in [1.29, 1.82) is 0 Å². The van der Waals surface area contributed by atoms with Crippen LogP contribution in [0, 0.1) is 12.8 Å². The second kappa shape index (κ2) is 6.62. The van der Waals surface area contributed by atoms with Gasteiger partial charge in [-0.05, 0) is 61.1 Å². The van der Waals surface area contributed by atoms with Crippen LogP contribution in [-0.2, 0) is 12.0 Å². The van der Waals surface area contributed by atoms with E-state index in [-0.39, 0.29) is 12.4 Å². The van der Waals surface area contributed by atoms with Gasteiger partial charge in [-0.1, -0.05) is 44.6 Å². The van der Waals surface area contributed by atoms with Gasteiger partial charge in [0, 0.05) is 5.56 Å². The third kappa shape index (κ3) is 2.78. The average molecular weight is 302 g/mol. The molecule has 2 saturated carbocycles. The molecule has 1 aromatic carbocycles. The number of aliphatic hydroxyl groups excluding tert-OH is 1. The van der Waals surface area contributed by atoms with Crippen LogP contribution in [-0.4, -0.2) is 10.2 Å². The number of aryl methyl sites for hydroxylation is 1. The molecule has 2 heteroatoms. The van der Waals surface area contributed by atoms with Crippen LogP contribution in [0.2, 0.25) is 0 Å². The van der Waals surface area contributed by atoms with E-state index >= 15 is 0 Å². The standard InChI is InChI=1S/C20H30O2/c1-15-12-18(13-16(14-21)19(15)22)20(10-6-3-7-11-20)17-8-4-2-5-9-17/h12-13,17,21-22H,2-11,14H2,1H3. The number of rotatable bonds is 3. The van der Waals surface area contributed by atoms with Gasteiger partial charge in [-0.3, -0.25) is 0 Å². The predicted molar refractivity (Wildman–Crippen MR) is 90.1 cm³/mol. The first-order chi connectivity index (χ1) is 10.7. The van der Waals surface area contributed by atoms with Crippen LogP contribution in [0.4, 0.5) is 0 Å². The van der Waals surface area contributed by atoms with Crippen molar-refractivity contribution in [2.24, 2.45) is 5.92 Å². The van der Waals surface area contributed by atoms with E-state index in [1.807, 2.05) is 6.92 Å². The van der Waals surface area contributed by atoms with Gasteiger partial charge in [-0.2, -0.15) is 0 Å². The monoisotopic (exact) mass is 302 g/mol. The maximum absolute atomic E-state index is 10.2. The minimum Gasteiger partial charge on any atom is -0.507 e. The summed E-state index contributed by atoms with van der Waals surface area (Å²) in [5.74, 6) is 1.07. The molecule has 2 aliphatic carbocycles. The minimum atomic E-state index is -0.0682. The topological polar surface area (TPSA) is 40.5 Å². The summed E-state index contributed by atoms with van der Waals surface area (Å²) in [5, 5.41) is 19.8. The molecule has 2 fully saturated rings. The highest BCUT2D eigenvalue weighted by molar-refractivity contribution is 5.45. The lowest BCUT2D eigenvalue weighted by Crippen LogP contribution is -2.38. The Labute approximate surface area is 134 Å². The Kier molecular flexibility index (Phi) is 4.77. The zero-order chi connectivity index (χ0) is 15.6. The molecule has 2 N–H and O–H groups in total. The van der Waals surface area contributed by atoms with Crippen molar-refractivity contribution in [1.82, 2.24) is 0 Å². The summed E-state index contributed by atoms with van der Waals surface area (Å²) in [4.78, 5) is 0. The summed E-state index contributed by atoms with van der Waals surface area (Å²) < 4.78 is 0. The van der Waals surface area contributed by atoms with E-state index in [1.165, 1.54) is 69.8 Å². The van der Waals surface area contributed by atoms with E-state index < -0.39 is 0 Å². The van der Waals surface area contributed by atoms with E-state index in [4.69, 9.17) is 0 Å². The maximum atomic E-state index is 10.2. The molecular formula is C20H30O2. The van der Waals surface area contributed by atoms with E-state index in [0.717, 1.165) is 11.5 Å². The quantitative estimate of drug-likeness (QED) is 0.827. The zero-order valence-corrected chi connectivity index (χ0v) is 13.9. The molecule has 2 aliphatic rings. The minimum absolute atomic E-state index is 0.0682. The van der Waals surface area contributed by atoms with Gasteiger partial charge in [-0.25, -0.2) is 0 Å². The number of aliphatic hydroxyl groups is 1. The van der Waals surface area contributed by atoms with Crippen molar-refractivity contribution < 1.29 is 10.2 Å². The summed E-state index contributed by atoms with van der Waals surface area (Å²) in [6, 6.07) is 4.30. The first kappa shape index (κ1) is 15.9. The molecule has 22 heavy (non-hydrogen) atoms. The fraction of sp³-hybridized carbons (Fsp3) is 0.700. The highest BCUT2D eigenvalue weighted by Gasteiger charge is 2.41. The van der Waals surface area contributed by atoms with Gasteiger partial charge in [0.2, 0.25) is 0 Å². The summed E-state index contributed by atoms with van der Waals surface area (Å²) >= 11 is 0. The van der Waals surface area contributed by atoms with Crippen LogP contribution in [0.5, 0.6) is 5.75 Å². The highest BCUT2D eigenvalue weighted by Crippen LogP contribution is 2.51. The third-order valence-corrected chi connectivity index (χ3v) is 6.26.